The second-order valence-electron chi connectivity index (χ2n) is 3.72. The minimum absolute atomic E-state index is 0.0236. The summed E-state index contributed by atoms with van der Waals surface area (Å²) >= 11 is 5.87. The van der Waals surface area contributed by atoms with Gasteiger partial charge in [0, 0.05) is 12.1 Å². The minimum Gasteiger partial charge on any atom is -0.480 e. The molecule has 0 aromatic heterocycles. The van der Waals surface area contributed by atoms with Gasteiger partial charge in [0.25, 0.3) is 0 Å². The predicted octanol–water partition coefficient (Wildman–Crippen LogP) is 1.03. The van der Waals surface area contributed by atoms with Gasteiger partial charge < -0.3 is 9.84 Å². The maximum absolute atomic E-state index is 11.7. The summed E-state index contributed by atoms with van der Waals surface area (Å²) in [4.78, 5) is 11.2. The molecule has 0 amide bonds. The number of aliphatic carboxylic acids is 1. The van der Waals surface area contributed by atoms with Gasteiger partial charge in [-0.2, -0.15) is 4.72 Å². The Morgan fingerprint density at radius 1 is 1.47 bits per heavy atom. The number of hydrogen-bond donors (Lipinski definition) is 2. The number of carboxylic acids is 1. The third-order valence-corrected chi connectivity index (χ3v) is 3.96. The first-order chi connectivity index (χ1) is 8.87. The van der Waals surface area contributed by atoms with Crippen LogP contribution in [0.3, 0.4) is 0 Å². The van der Waals surface area contributed by atoms with E-state index in [9.17, 15) is 13.2 Å². The quantitative estimate of drug-likeness (QED) is 0.785. The Kier molecular flexibility index (Phi) is 5.74. The molecule has 0 aliphatic rings. The zero-order valence-electron chi connectivity index (χ0n) is 10.2. The molecule has 0 spiro atoms. The van der Waals surface area contributed by atoms with E-state index in [1.54, 1.807) is 12.1 Å². The van der Waals surface area contributed by atoms with E-state index >= 15 is 0 Å². The molecule has 0 aliphatic carbocycles. The number of benzene rings is 1. The van der Waals surface area contributed by atoms with Crippen LogP contribution in [0.5, 0.6) is 0 Å². The molecule has 6 nitrogen and oxygen atoms in total. The molecule has 0 aliphatic heterocycles. The third-order valence-electron chi connectivity index (χ3n) is 2.32. The molecule has 1 atom stereocenters. The number of ether oxygens (including phenoxy) is 1. The maximum atomic E-state index is 11.7. The summed E-state index contributed by atoms with van der Waals surface area (Å²) in [5.74, 6) is -1.65. The fourth-order valence-electron chi connectivity index (χ4n) is 1.39. The van der Waals surface area contributed by atoms with Crippen LogP contribution in [-0.4, -0.2) is 39.0 Å². The number of nitrogens with one attached hydrogen (secondary N) is 1. The van der Waals surface area contributed by atoms with Gasteiger partial charge in [0.15, 0.2) is 0 Å². The highest BCUT2D eigenvalue weighted by atomic mass is 35.5. The van der Waals surface area contributed by atoms with E-state index in [1.165, 1.54) is 19.2 Å². The zero-order valence-corrected chi connectivity index (χ0v) is 11.7. The molecule has 0 saturated heterocycles. The van der Waals surface area contributed by atoms with E-state index in [0.29, 0.717) is 0 Å². The molecule has 0 heterocycles. The molecule has 1 aromatic carbocycles. The van der Waals surface area contributed by atoms with E-state index in [2.05, 4.69) is 9.46 Å². The van der Waals surface area contributed by atoms with Crippen molar-refractivity contribution in [3.63, 3.8) is 0 Å². The van der Waals surface area contributed by atoms with Crippen LogP contribution < -0.4 is 4.72 Å². The molecular formula is C11H14ClNO5S. The van der Waals surface area contributed by atoms with E-state index in [4.69, 9.17) is 16.7 Å². The second-order valence-corrected chi connectivity index (χ2v) is 6.00. The van der Waals surface area contributed by atoms with E-state index in [0.717, 1.165) is 0 Å². The first-order valence-electron chi connectivity index (χ1n) is 5.33. The topological polar surface area (TPSA) is 92.7 Å². The number of rotatable bonds is 7. The second kappa shape index (κ2) is 6.85. The first kappa shape index (κ1) is 15.9. The van der Waals surface area contributed by atoms with Crippen molar-refractivity contribution >= 4 is 27.6 Å². The van der Waals surface area contributed by atoms with Gasteiger partial charge in [0.1, 0.15) is 6.04 Å². The first-order valence-corrected chi connectivity index (χ1v) is 7.36. The average molecular weight is 308 g/mol. The van der Waals surface area contributed by atoms with E-state index in [-0.39, 0.29) is 22.9 Å². The Bertz CT molecular complexity index is 546. The Balaban J connectivity index is 2.98. The van der Waals surface area contributed by atoms with Gasteiger partial charge in [-0.15, -0.1) is 0 Å². The van der Waals surface area contributed by atoms with Crippen molar-refractivity contribution in [1.82, 2.24) is 4.72 Å². The predicted molar refractivity (Wildman–Crippen MR) is 70.6 cm³/mol. The standard InChI is InChI=1S/C11H14ClNO5S/c1-18-6-7-19(16,17)13-10(11(14)15)8-4-2-3-5-9(8)12/h2-5,10,13H,6-7H2,1H3,(H,14,15)/t10-/m1/s1. The summed E-state index contributed by atoms with van der Waals surface area (Å²) in [5, 5.41) is 9.31. The number of methoxy groups -OCH3 is 1. The molecule has 19 heavy (non-hydrogen) atoms. The maximum Gasteiger partial charge on any atom is 0.326 e. The minimum atomic E-state index is -3.77. The van der Waals surface area contributed by atoms with Crippen LogP contribution in [0, 0.1) is 0 Å². The highest BCUT2D eigenvalue weighted by molar-refractivity contribution is 7.89. The number of halogens is 1. The van der Waals surface area contributed by atoms with Gasteiger partial charge in [-0.3, -0.25) is 4.79 Å². The third kappa shape index (κ3) is 4.79. The molecule has 0 fully saturated rings. The number of carboxylic acid groups (broad SMARTS) is 1. The van der Waals surface area contributed by atoms with Gasteiger partial charge in [-0.05, 0) is 11.6 Å². The summed E-state index contributed by atoms with van der Waals surface area (Å²) in [5.41, 5.74) is 0.192. The number of carbonyl (C=O) groups is 1. The lowest BCUT2D eigenvalue weighted by Crippen LogP contribution is -2.36. The van der Waals surface area contributed by atoms with Crippen LogP contribution in [0.4, 0.5) is 0 Å². The zero-order chi connectivity index (χ0) is 14.5. The Hall–Kier alpha value is -1.15. The SMILES string of the molecule is COCCS(=O)(=O)N[C@@H](C(=O)O)c1ccccc1Cl. The van der Waals surface area contributed by atoms with Crippen LogP contribution >= 0.6 is 11.6 Å². The van der Waals surface area contributed by atoms with Crippen LogP contribution in [-0.2, 0) is 19.6 Å². The summed E-state index contributed by atoms with van der Waals surface area (Å²) in [6, 6.07) is 4.75. The van der Waals surface area contributed by atoms with E-state index < -0.39 is 22.0 Å². The molecule has 0 unspecified atom stereocenters. The molecular weight excluding hydrogens is 294 g/mol. The lowest BCUT2D eigenvalue weighted by atomic mass is 10.1. The smallest absolute Gasteiger partial charge is 0.326 e. The largest absolute Gasteiger partial charge is 0.480 e. The highest BCUT2D eigenvalue weighted by Gasteiger charge is 2.27. The molecule has 1 aromatic rings. The molecule has 8 heteroatoms. The molecule has 0 saturated carbocycles. The molecule has 2 N–H and O–H groups in total. The van der Waals surface area contributed by atoms with Gasteiger partial charge >= 0.3 is 5.97 Å². The Labute approximate surface area is 116 Å². The van der Waals surface area contributed by atoms with Crippen molar-refractivity contribution in [2.75, 3.05) is 19.5 Å². The fraction of sp³-hybridized carbons (Fsp3) is 0.364. The summed E-state index contributed by atoms with van der Waals surface area (Å²) in [6.07, 6.45) is 0. The van der Waals surface area contributed by atoms with Crippen molar-refractivity contribution < 1.29 is 23.1 Å². The lowest BCUT2D eigenvalue weighted by Gasteiger charge is -2.16. The normalized spacial score (nSPS) is 13.2. The van der Waals surface area contributed by atoms with Crippen molar-refractivity contribution in [3.8, 4) is 0 Å². The molecule has 106 valence electrons. The molecule has 0 bridgehead atoms. The van der Waals surface area contributed by atoms with Crippen LogP contribution in [0.2, 0.25) is 5.02 Å². The lowest BCUT2D eigenvalue weighted by molar-refractivity contribution is -0.139. The molecule has 0 radical (unpaired) electrons. The van der Waals surface area contributed by atoms with Gasteiger partial charge in [0.2, 0.25) is 10.0 Å². The van der Waals surface area contributed by atoms with Crippen molar-refractivity contribution in [1.29, 1.82) is 0 Å². The van der Waals surface area contributed by atoms with E-state index in [1.807, 2.05) is 0 Å². The van der Waals surface area contributed by atoms with Crippen molar-refractivity contribution in [2.24, 2.45) is 0 Å². The highest BCUT2D eigenvalue weighted by Crippen LogP contribution is 2.23. The van der Waals surface area contributed by atoms with Crippen LogP contribution in [0.1, 0.15) is 11.6 Å². The number of hydrogen-bond acceptors (Lipinski definition) is 4. The molecule has 1 rings (SSSR count). The van der Waals surface area contributed by atoms with Crippen molar-refractivity contribution in [2.45, 2.75) is 6.04 Å². The average Bonchev–Trinajstić information content (AvgIpc) is 2.34. The van der Waals surface area contributed by atoms with Crippen molar-refractivity contribution in [3.05, 3.63) is 34.9 Å². The fourth-order valence-corrected chi connectivity index (χ4v) is 2.72. The number of sulfonamides is 1. The van der Waals surface area contributed by atoms with Gasteiger partial charge in [0.05, 0.1) is 12.4 Å². The van der Waals surface area contributed by atoms with Crippen LogP contribution in [0.25, 0.3) is 0 Å². The Morgan fingerprint density at radius 3 is 2.63 bits per heavy atom. The van der Waals surface area contributed by atoms with Crippen LogP contribution in [0.15, 0.2) is 24.3 Å². The summed E-state index contributed by atoms with van der Waals surface area (Å²) in [7, 11) is -2.41. The monoisotopic (exact) mass is 307 g/mol. The summed E-state index contributed by atoms with van der Waals surface area (Å²) in [6.45, 7) is -0.0236. The van der Waals surface area contributed by atoms with Gasteiger partial charge in [-0.1, -0.05) is 29.8 Å². The summed E-state index contributed by atoms with van der Waals surface area (Å²) < 4.78 is 30.1. The van der Waals surface area contributed by atoms with Gasteiger partial charge in [-0.25, -0.2) is 8.42 Å². The Morgan fingerprint density at radius 2 is 2.11 bits per heavy atom.